The molecule has 0 aliphatic carbocycles. The molecule has 0 aliphatic heterocycles. The first-order valence-corrected chi connectivity index (χ1v) is 7.63. The van der Waals surface area contributed by atoms with Gasteiger partial charge in [-0.15, -0.1) is 0 Å². The number of hydrogen-bond acceptors (Lipinski definition) is 2. The maximum absolute atomic E-state index is 11.7. The molecule has 3 nitrogen and oxygen atoms in total. The summed E-state index contributed by atoms with van der Waals surface area (Å²) < 4.78 is 0. The number of unbranched alkanes of at least 4 members (excludes halogenated alkanes) is 2. The second-order valence-corrected chi connectivity index (χ2v) is 5.51. The Morgan fingerprint density at radius 2 is 1.70 bits per heavy atom. The van der Waals surface area contributed by atoms with Gasteiger partial charge in [-0.25, -0.2) is 0 Å². The van der Waals surface area contributed by atoms with Gasteiger partial charge in [-0.2, -0.15) is 0 Å². The highest BCUT2D eigenvalue weighted by molar-refractivity contribution is 5.76. The first kappa shape index (κ1) is 16.5. The predicted octanol–water partition coefficient (Wildman–Crippen LogP) is 3.72. The Morgan fingerprint density at radius 1 is 1.05 bits per heavy atom. The van der Waals surface area contributed by atoms with Crippen LogP contribution in [0.25, 0.3) is 0 Å². The van der Waals surface area contributed by atoms with Gasteiger partial charge in [0.25, 0.3) is 0 Å². The van der Waals surface area contributed by atoms with E-state index < -0.39 is 0 Å². The second kappa shape index (κ2) is 8.62. The summed E-state index contributed by atoms with van der Waals surface area (Å²) in [7, 11) is 0. The predicted molar refractivity (Wildman–Crippen MR) is 86.3 cm³/mol. The smallest absolute Gasteiger partial charge is 0.221 e. The number of benzene rings is 1. The lowest BCUT2D eigenvalue weighted by atomic mass is 10.1. The SMILES string of the molecule is CCCCCNC(=O)CCNc1c(C)cc(C)cc1C. The maximum atomic E-state index is 11.7. The van der Waals surface area contributed by atoms with Gasteiger partial charge < -0.3 is 10.6 Å². The van der Waals surface area contributed by atoms with Gasteiger partial charge >= 0.3 is 0 Å². The molecule has 0 spiro atoms. The molecule has 2 N–H and O–H groups in total. The fourth-order valence-corrected chi connectivity index (χ4v) is 2.45. The van der Waals surface area contributed by atoms with Crippen LogP contribution in [0.1, 0.15) is 49.3 Å². The second-order valence-electron chi connectivity index (χ2n) is 5.51. The third-order valence-electron chi connectivity index (χ3n) is 3.43. The van der Waals surface area contributed by atoms with E-state index in [0.717, 1.165) is 18.7 Å². The molecule has 3 heteroatoms. The number of carbonyl (C=O) groups is 1. The summed E-state index contributed by atoms with van der Waals surface area (Å²) in [6.45, 7) is 9.96. The summed E-state index contributed by atoms with van der Waals surface area (Å²) in [5.74, 6) is 0.135. The van der Waals surface area contributed by atoms with E-state index in [1.807, 2.05) is 0 Å². The molecule has 20 heavy (non-hydrogen) atoms. The van der Waals surface area contributed by atoms with Crippen LogP contribution in [0.4, 0.5) is 5.69 Å². The van der Waals surface area contributed by atoms with Crippen LogP contribution in [0.2, 0.25) is 0 Å². The van der Waals surface area contributed by atoms with Crippen molar-refractivity contribution < 1.29 is 4.79 Å². The Labute approximate surface area is 123 Å². The maximum Gasteiger partial charge on any atom is 0.221 e. The number of hydrogen-bond donors (Lipinski definition) is 2. The van der Waals surface area contributed by atoms with Gasteiger partial charge in [0, 0.05) is 25.2 Å². The van der Waals surface area contributed by atoms with Crippen molar-refractivity contribution in [2.24, 2.45) is 0 Å². The topological polar surface area (TPSA) is 41.1 Å². The molecule has 0 atom stereocenters. The number of amides is 1. The van der Waals surface area contributed by atoms with E-state index in [9.17, 15) is 4.79 Å². The monoisotopic (exact) mass is 276 g/mol. The Kier molecular flexibility index (Phi) is 7.13. The molecule has 1 aromatic rings. The third-order valence-corrected chi connectivity index (χ3v) is 3.43. The fraction of sp³-hybridized carbons (Fsp3) is 0.588. The molecule has 1 amide bonds. The lowest BCUT2D eigenvalue weighted by molar-refractivity contribution is -0.120. The Balaban J connectivity index is 2.32. The summed E-state index contributed by atoms with van der Waals surface area (Å²) in [5.41, 5.74) is 4.92. The van der Waals surface area contributed by atoms with E-state index in [0.29, 0.717) is 13.0 Å². The quantitative estimate of drug-likeness (QED) is 0.710. The molecule has 0 aromatic heterocycles. The Bertz CT molecular complexity index is 418. The van der Waals surface area contributed by atoms with E-state index >= 15 is 0 Å². The van der Waals surface area contributed by atoms with Gasteiger partial charge in [0.1, 0.15) is 0 Å². The van der Waals surface area contributed by atoms with Gasteiger partial charge in [0.05, 0.1) is 0 Å². The van der Waals surface area contributed by atoms with Gasteiger partial charge in [0.15, 0.2) is 0 Å². The van der Waals surface area contributed by atoms with E-state index in [1.165, 1.54) is 29.5 Å². The molecule has 0 aliphatic rings. The van der Waals surface area contributed by atoms with E-state index in [-0.39, 0.29) is 5.91 Å². The van der Waals surface area contributed by atoms with Crippen LogP contribution in [-0.2, 0) is 4.79 Å². The van der Waals surface area contributed by atoms with Crippen molar-refractivity contribution in [2.45, 2.75) is 53.4 Å². The van der Waals surface area contributed by atoms with Crippen LogP contribution in [-0.4, -0.2) is 19.0 Å². The molecule has 0 bridgehead atoms. The first-order chi connectivity index (χ1) is 9.54. The Hall–Kier alpha value is -1.51. The van der Waals surface area contributed by atoms with Gasteiger partial charge in [-0.3, -0.25) is 4.79 Å². The number of nitrogens with one attached hydrogen (secondary N) is 2. The summed E-state index contributed by atoms with van der Waals surface area (Å²) in [4.78, 5) is 11.7. The average molecular weight is 276 g/mol. The normalized spacial score (nSPS) is 10.4. The van der Waals surface area contributed by atoms with Crippen LogP contribution in [0.5, 0.6) is 0 Å². The molecular formula is C17H28N2O. The van der Waals surface area contributed by atoms with Crippen molar-refractivity contribution >= 4 is 11.6 Å². The van der Waals surface area contributed by atoms with Crippen LogP contribution < -0.4 is 10.6 Å². The molecular weight excluding hydrogens is 248 g/mol. The minimum atomic E-state index is 0.135. The van der Waals surface area contributed by atoms with Crippen molar-refractivity contribution in [3.8, 4) is 0 Å². The minimum Gasteiger partial charge on any atom is -0.384 e. The standard InChI is InChI=1S/C17H28N2O/c1-5-6-7-9-18-16(20)8-10-19-17-14(3)11-13(2)12-15(17)4/h11-12,19H,5-10H2,1-4H3,(H,18,20). The van der Waals surface area contributed by atoms with Gasteiger partial charge in [-0.1, -0.05) is 37.5 Å². The molecule has 0 heterocycles. The van der Waals surface area contributed by atoms with Crippen molar-refractivity contribution in [1.29, 1.82) is 0 Å². The number of carbonyl (C=O) groups excluding carboxylic acids is 1. The molecule has 0 radical (unpaired) electrons. The lowest BCUT2D eigenvalue weighted by Crippen LogP contribution is -2.26. The molecule has 0 fully saturated rings. The largest absolute Gasteiger partial charge is 0.384 e. The van der Waals surface area contributed by atoms with Crippen molar-refractivity contribution in [1.82, 2.24) is 5.32 Å². The highest BCUT2D eigenvalue weighted by Crippen LogP contribution is 2.21. The molecule has 1 rings (SSSR count). The fourth-order valence-electron chi connectivity index (χ4n) is 2.45. The first-order valence-electron chi connectivity index (χ1n) is 7.63. The number of anilines is 1. The summed E-state index contributed by atoms with van der Waals surface area (Å²) in [5, 5.41) is 6.34. The lowest BCUT2D eigenvalue weighted by Gasteiger charge is -2.13. The summed E-state index contributed by atoms with van der Waals surface area (Å²) >= 11 is 0. The van der Waals surface area contributed by atoms with E-state index in [1.54, 1.807) is 0 Å². The van der Waals surface area contributed by atoms with E-state index in [2.05, 4.69) is 50.5 Å². The van der Waals surface area contributed by atoms with Crippen molar-refractivity contribution in [3.63, 3.8) is 0 Å². The van der Waals surface area contributed by atoms with Crippen LogP contribution in [0.3, 0.4) is 0 Å². The van der Waals surface area contributed by atoms with Crippen LogP contribution in [0.15, 0.2) is 12.1 Å². The van der Waals surface area contributed by atoms with E-state index in [4.69, 9.17) is 0 Å². The highest BCUT2D eigenvalue weighted by atomic mass is 16.1. The minimum absolute atomic E-state index is 0.135. The molecule has 1 aromatic carbocycles. The zero-order valence-electron chi connectivity index (χ0n) is 13.3. The molecule has 0 saturated carbocycles. The number of rotatable bonds is 8. The average Bonchev–Trinajstić information content (AvgIpc) is 2.37. The number of aryl methyl sites for hydroxylation is 3. The highest BCUT2D eigenvalue weighted by Gasteiger charge is 2.05. The molecule has 0 unspecified atom stereocenters. The van der Waals surface area contributed by atoms with Gasteiger partial charge in [-0.05, 0) is 38.3 Å². The molecule has 0 saturated heterocycles. The molecule has 112 valence electrons. The van der Waals surface area contributed by atoms with Gasteiger partial charge in [0.2, 0.25) is 5.91 Å². The Morgan fingerprint density at radius 3 is 2.30 bits per heavy atom. The summed E-state index contributed by atoms with van der Waals surface area (Å²) in [6, 6.07) is 4.33. The summed E-state index contributed by atoms with van der Waals surface area (Å²) in [6.07, 6.45) is 3.97. The zero-order chi connectivity index (χ0) is 15.0. The third kappa shape index (κ3) is 5.64. The van der Waals surface area contributed by atoms with Crippen molar-refractivity contribution in [3.05, 3.63) is 28.8 Å². The van der Waals surface area contributed by atoms with Crippen LogP contribution in [0, 0.1) is 20.8 Å². The van der Waals surface area contributed by atoms with Crippen molar-refractivity contribution in [2.75, 3.05) is 18.4 Å². The van der Waals surface area contributed by atoms with Crippen LogP contribution >= 0.6 is 0 Å². The zero-order valence-corrected chi connectivity index (χ0v) is 13.3.